The minimum Gasteiger partial charge on any atom is -0.344 e. The van der Waals surface area contributed by atoms with Crippen LogP contribution in [-0.2, 0) is 17.9 Å². The topological polar surface area (TPSA) is 42.3 Å². The Morgan fingerprint density at radius 2 is 1.58 bits per heavy atom. The highest BCUT2D eigenvalue weighted by atomic mass is 32.2. The van der Waals surface area contributed by atoms with Crippen LogP contribution in [0.5, 0.6) is 0 Å². The Balaban J connectivity index is 1.41. The monoisotopic (exact) mass is 452 g/mol. The van der Waals surface area contributed by atoms with E-state index in [1.54, 1.807) is 0 Å². The molecule has 0 N–H and O–H groups in total. The molecule has 2 heterocycles. The van der Waals surface area contributed by atoms with Gasteiger partial charge in [0, 0.05) is 17.9 Å². The molecule has 0 saturated carbocycles. The first-order valence-corrected chi connectivity index (χ1v) is 11.8. The van der Waals surface area contributed by atoms with Gasteiger partial charge < -0.3 is 4.57 Å². The lowest BCUT2D eigenvalue weighted by Gasteiger charge is -2.14. The molecule has 5 rings (SSSR count). The Morgan fingerprint density at radius 1 is 0.848 bits per heavy atom. The average molecular weight is 453 g/mol. The smallest absolute Gasteiger partial charge is 0.293 e. The number of aromatic nitrogens is 1. The summed E-state index contributed by atoms with van der Waals surface area (Å²) in [7, 11) is 0. The van der Waals surface area contributed by atoms with Gasteiger partial charge in [0.05, 0.1) is 11.4 Å². The predicted octanol–water partition coefficient (Wildman–Crippen LogP) is 6.54. The van der Waals surface area contributed by atoms with Crippen LogP contribution in [0.2, 0.25) is 0 Å². The van der Waals surface area contributed by atoms with E-state index in [1.165, 1.54) is 10.5 Å². The number of aryl methyl sites for hydroxylation is 1. The molecule has 0 unspecified atom stereocenters. The van der Waals surface area contributed by atoms with Crippen LogP contribution in [0.4, 0.5) is 4.79 Å². The molecule has 33 heavy (non-hydrogen) atoms. The summed E-state index contributed by atoms with van der Waals surface area (Å²) < 4.78 is 2.24. The van der Waals surface area contributed by atoms with Crippen molar-refractivity contribution in [3.63, 3.8) is 0 Å². The summed E-state index contributed by atoms with van der Waals surface area (Å²) in [6, 6.07) is 26.4. The third-order valence-corrected chi connectivity index (χ3v) is 7.07. The highest BCUT2D eigenvalue weighted by molar-refractivity contribution is 8.18. The number of benzene rings is 3. The van der Waals surface area contributed by atoms with E-state index in [9.17, 15) is 9.59 Å². The number of hydrogen-bond acceptors (Lipinski definition) is 3. The molecule has 5 heteroatoms. The van der Waals surface area contributed by atoms with Gasteiger partial charge >= 0.3 is 0 Å². The van der Waals surface area contributed by atoms with E-state index < -0.39 is 0 Å². The van der Waals surface area contributed by atoms with Crippen LogP contribution in [-0.4, -0.2) is 20.6 Å². The molecule has 0 bridgehead atoms. The second-order valence-electron chi connectivity index (χ2n) is 8.30. The SMILES string of the molecule is Cc1cc(/C=C2/SC(=O)N(Cc3cccc4ccccc34)C2=O)c(C)n1Cc1ccccc1. The number of hydrogen-bond donors (Lipinski definition) is 0. The number of amides is 2. The zero-order valence-corrected chi connectivity index (χ0v) is 19.4. The normalized spacial score (nSPS) is 15.2. The van der Waals surface area contributed by atoms with E-state index in [4.69, 9.17) is 0 Å². The molecule has 1 aromatic heterocycles. The number of imide groups is 1. The Kier molecular flexibility index (Phi) is 5.65. The molecule has 3 aromatic carbocycles. The van der Waals surface area contributed by atoms with Crippen molar-refractivity contribution < 1.29 is 9.59 Å². The molecule has 164 valence electrons. The van der Waals surface area contributed by atoms with Crippen LogP contribution in [0.3, 0.4) is 0 Å². The number of thioether (sulfide) groups is 1. The third kappa shape index (κ3) is 4.12. The van der Waals surface area contributed by atoms with Crippen LogP contribution in [0.15, 0.2) is 83.8 Å². The van der Waals surface area contributed by atoms with Gasteiger partial charge in [-0.3, -0.25) is 14.5 Å². The van der Waals surface area contributed by atoms with Crippen molar-refractivity contribution >= 4 is 39.8 Å². The first kappa shape index (κ1) is 21.3. The Bertz CT molecular complexity index is 1400. The van der Waals surface area contributed by atoms with Crippen molar-refractivity contribution in [3.8, 4) is 0 Å². The van der Waals surface area contributed by atoms with Crippen molar-refractivity contribution in [3.05, 3.63) is 112 Å². The molecule has 1 aliphatic rings. The molecule has 0 spiro atoms. The van der Waals surface area contributed by atoms with Crippen molar-refractivity contribution in [1.82, 2.24) is 9.47 Å². The lowest BCUT2D eigenvalue weighted by Crippen LogP contribution is -2.27. The van der Waals surface area contributed by atoms with Crippen LogP contribution in [0, 0.1) is 13.8 Å². The fourth-order valence-electron chi connectivity index (χ4n) is 4.36. The summed E-state index contributed by atoms with van der Waals surface area (Å²) in [6.07, 6.45) is 1.86. The van der Waals surface area contributed by atoms with Gasteiger partial charge in [0.15, 0.2) is 0 Å². The quantitative estimate of drug-likeness (QED) is 0.323. The Hall–Kier alpha value is -3.57. The molecule has 1 fully saturated rings. The summed E-state index contributed by atoms with van der Waals surface area (Å²) in [5, 5.41) is 1.94. The zero-order chi connectivity index (χ0) is 22.9. The molecule has 0 aliphatic carbocycles. The Labute approximate surface area is 197 Å². The summed E-state index contributed by atoms with van der Waals surface area (Å²) in [5.74, 6) is -0.231. The number of fused-ring (bicyclic) bond motifs is 1. The van der Waals surface area contributed by atoms with Gasteiger partial charge in [0.1, 0.15) is 0 Å². The lowest BCUT2D eigenvalue weighted by atomic mass is 10.0. The molecule has 4 nitrogen and oxygen atoms in total. The molecule has 4 aromatic rings. The summed E-state index contributed by atoms with van der Waals surface area (Å²) in [4.78, 5) is 27.7. The van der Waals surface area contributed by atoms with Crippen LogP contribution >= 0.6 is 11.8 Å². The Morgan fingerprint density at radius 3 is 2.39 bits per heavy atom. The van der Waals surface area contributed by atoms with Crippen molar-refractivity contribution in [2.24, 2.45) is 0 Å². The highest BCUT2D eigenvalue weighted by Crippen LogP contribution is 2.35. The van der Waals surface area contributed by atoms with Gasteiger partial charge in [0.25, 0.3) is 11.1 Å². The highest BCUT2D eigenvalue weighted by Gasteiger charge is 2.35. The maximum absolute atomic E-state index is 13.2. The number of rotatable bonds is 5. The van der Waals surface area contributed by atoms with Crippen LogP contribution in [0.1, 0.15) is 28.1 Å². The minimum absolute atomic E-state index is 0.225. The molecule has 1 aliphatic heterocycles. The summed E-state index contributed by atoms with van der Waals surface area (Å²) >= 11 is 1.02. The van der Waals surface area contributed by atoms with E-state index in [0.29, 0.717) is 4.91 Å². The molecular weight excluding hydrogens is 428 g/mol. The minimum atomic E-state index is -0.231. The second-order valence-corrected chi connectivity index (χ2v) is 9.30. The van der Waals surface area contributed by atoms with Gasteiger partial charge in [-0.15, -0.1) is 0 Å². The first-order chi connectivity index (χ1) is 16.0. The van der Waals surface area contributed by atoms with Crippen molar-refractivity contribution in [2.45, 2.75) is 26.9 Å². The zero-order valence-electron chi connectivity index (χ0n) is 18.6. The van der Waals surface area contributed by atoms with E-state index in [1.807, 2.05) is 66.7 Å². The van der Waals surface area contributed by atoms with E-state index in [0.717, 1.165) is 51.6 Å². The van der Waals surface area contributed by atoms with Gasteiger partial charge in [-0.1, -0.05) is 72.8 Å². The standard InChI is InChI=1S/C28H24N2O2S/c1-19-15-24(20(2)29(19)17-21-9-4-3-5-10-21)16-26-27(31)30(28(32)33-26)18-23-13-8-12-22-11-6-7-14-25(22)23/h3-16H,17-18H2,1-2H3/b26-16+. The molecule has 0 atom stereocenters. The summed E-state index contributed by atoms with van der Waals surface area (Å²) in [6.45, 7) is 5.17. The van der Waals surface area contributed by atoms with Gasteiger partial charge in [-0.05, 0) is 65.2 Å². The third-order valence-electron chi connectivity index (χ3n) is 6.16. The lowest BCUT2D eigenvalue weighted by molar-refractivity contribution is -0.123. The van der Waals surface area contributed by atoms with E-state index in [-0.39, 0.29) is 17.7 Å². The fraction of sp³-hybridized carbons (Fsp3) is 0.143. The average Bonchev–Trinajstić information content (AvgIpc) is 3.24. The molecule has 2 amide bonds. The van der Waals surface area contributed by atoms with Crippen LogP contribution in [0.25, 0.3) is 16.8 Å². The molecular formula is C28H24N2O2S. The van der Waals surface area contributed by atoms with Crippen molar-refractivity contribution in [1.29, 1.82) is 0 Å². The van der Waals surface area contributed by atoms with Gasteiger partial charge in [-0.2, -0.15) is 0 Å². The van der Waals surface area contributed by atoms with Crippen LogP contribution < -0.4 is 0 Å². The fourth-order valence-corrected chi connectivity index (χ4v) is 5.19. The van der Waals surface area contributed by atoms with Gasteiger partial charge in [0.2, 0.25) is 0 Å². The number of carbonyl (C=O) groups is 2. The molecule has 1 saturated heterocycles. The largest absolute Gasteiger partial charge is 0.344 e. The maximum atomic E-state index is 13.2. The number of nitrogens with zero attached hydrogens (tertiary/aromatic N) is 2. The van der Waals surface area contributed by atoms with Gasteiger partial charge in [-0.25, -0.2) is 0 Å². The number of carbonyl (C=O) groups excluding carboxylic acids is 2. The van der Waals surface area contributed by atoms with E-state index in [2.05, 4.69) is 36.6 Å². The maximum Gasteiger partial charge on any atom is 0.293 e. The first-order valence-electron chi connectivity index (χ1n) is 10.9. The summed E-state index contributed by atoms with van der Waals surface area (Å²) in [5.41, 5.74) is 5.37. The molecule has 0 radical (unpaired) electrons. The van der Waals surface area contributed by atoms with E-state index >= 15 is 0 Å². The second kappa shape index (κ2) is 8.75. The van der Waals surface area contributed by atoms with Crippen molar-refractivity contribution in [2.75, 3.05) is 0 Å². The predicted molar refractivity (Wildman–Crippen MR) is 135 cm³/mol.